The van der Waals surface area contributed by atoms with Crippen molar-refractivity contribution in [3.63, 3.8) is 0 Å². The monoisotopic (exact) mass is 193 g/mol. The number of carbonyl (C=O) groups excluding carboxylic acids is 1. The van der Waals surface area contributed by atoms with E-state index in [4.69, 9.17) is 22.4 Å². The van der Waals surface area contributed by atoms with E-state index in [-0.39, 0.29) is 13.2 Å². The Kier molecular flexibility index (Phi) is 5.07. The van der Waals surface area contributed by atoms with Crippen LogP contribution >= 0.6 is 11.6 Å². The van der Waals surface area contributed by atoms with Crippen molar-refractivity contribution in [2.24, 2.45) is 5.73 Å². The van der Waals surface area contributed by atoms with Crippen molar-refractivity contribution in [2.75, 3.05) is 13.2 Å². The van der Waals surface area contributed by atoms with E-state index in [1.54, 1.807) is 0 Å². The van der Waals surface area contributed by atoms with Gasteiger partial charge < -0.3 is 15.6 Å². The molecule has 0 aliphatic rings. The molecule has 0 atom stereocenters. The van der Waals surface area contributed by atoms with E-state index in [9.17, 15) is 9.59 Å². The van der Waals surface area contributed by atoms with Crippen LogP contribution in [0.25, 0.3) is 0 Å². The fraction of sp³-hybridized carbons (Fsp3) is 0.333. The van der Waals surface area contributed by atoms with E-state index >= 15 is 0 Å². The molecule has 6 heteroatoms. The van der Waals surface area contributed by atoms with Gasteiger partial charge in [0.05, 0.1) is 0 Å². The SMILES string of the molecule is NCCOC(=O)C(Cl)=CC(=O)O. The maximum Gasteiger partial charge on any atom is 0.350 e. The van der Waals surface area contributed by atoms with Gasteiger partial charge in [-0.25, -0.2) is 9.59 Å². The molecule has 68 valence electrons. The maximum atomic E-state index is 10.7. The Morgan fingerprint density at radius 2 is 2.17 bits per heavy atom. The number of hydrogen-bond acceptors (Lipinski definition) is 4. The molecule has 0 heterocycles. The van der Waals surface area contributed by atoms with Gasteiger partial charge in [-0.3, -0.25) is 0 Å². The van der Waals surface area contributed by atoms with Gasteiger partial charge in [0.15, 0.2) is 0 Å². The topological polar surface area (TPSA) is 89.6 Å². The zero-order chi connectivity index (χ0) is 9.56. The lowest BCUT2D eigenvalue weighted by molar-refractivity contribution is -0.139. The highest BCUT2D eigenvalue weighted by Crippen LogP contribution is 2.02. The zero-order valence-corrected chi connectivity index (χ0v) is 6.87. The molecule has 0 saturated carbocycles. The summed E-state index contributed by atoms with van der Waals surface area (Å²) in [6.07, 6.45) is 0.556. The minimum atomic E-state index is -1.30. The minimum absolute atomic E-state index is 0.0164. The second-order valence-corrected chi connectivity index (χ2v) is 2.16. The number of aliphatic carboxylic acids is 1. The van der Waals surface area contributed by atoms with Crippen LogP contribution in [0, 0.1) is 0 Å². The maximum absolute atomic E-state index is 10.7. The van der Waals surface area contributed by atoms with Crippen molar-refractivity contribution in [3.8, 4) is 0 Å². The van der Waals surface area contributed by atoms with Gasteiger partial charge in [0.2, 0.25) is 0 Å². The van der Waals surface area contributed by atoms with Crippen molar-refractivity contribution < 1.29 is 19.4 Å². The molecule has 0 spiro atoms. The molecular weight excluding hydrogens is 186 g/mol. The fourth-order valence-corrected chi connectivity index (χ4v) is 0.536. The first-order valence-electron chi connectivity index (χ1n) is 3.05. The molecule has 0 aromatic carbocycles. The molecular formula is C6H8ClNO4. The molecule has 0 amide bonds. The number of carboxylic acid groups (broad SMARTS) is 1. The number of rotatable bonds is 4. The standard InChI is InChI=1S/C6H8ClNO4/c7-4(3-5(9)10)6(11)12-2-1-8/h3H,1-2,8H2,(H,9,10). The lowest BCUT2D eigenvalue weighted by Gasteiger charge is -1.99. The average molecular weight is 194 g/mol. The van der Waals surface area contributed by atoms with Crippen LogP contribution < -0.4 is 5.73 Å². The third kappa shape index (κ3) is 4.70. The fourth-order valence-electron chi connectivity index (χ4n) is 0.388. The molecule has 0 bridgehead atoms. The van der Waals surface area contributed by atoms with Crippen LogP contribution in [0.1, 0.15) is 0 Å². The molecule has 0 rings (SSSR count). The first-order chi connectivity index (χ1) is 5.57. The quantitative estimate of drug-likeness (QED) is 0.473. The summed E-state index contributed by atoms with van der Waals surface area (Å²) < 4.78 is 4.43. The minimum Gasteiger partial charge on any atom is -0.478 e. The van der Waals surface area contributed by atoms with Crippen molar-refractivity contribution in [1.29, 1.82) is 0 Å². The second kappa shape index (κ2) is 5.56. The van der Waals surface area contributed by atoms with Gasteiger partial charge in [-0.15, -0.1) is 0 Å². The Balaban J connectivity index is 4.01. The summed E-state index contributed by atoms with van der Waals surface area (Å²) in [6, 6.07) is 0. The predicted molar refractivity (Wildman–Crippen MR) is 41.6 cm³/mol. The lowest BCUT2D eigenvalue weighted by atomic mass is 10.5. The smallest absolute Gasteiger partial charge is 0.350 e. The summed E-state index contributed by atoms with van der Waals surface area (Å²) >= 11 is 5.23. The van der Waals surface area contributed by atoms with E-state index < -0.39 is 17.0 Å². The largest absolute Gasteiger partial charge is 0.478 e. The number of carboxylic acids is 1. The Morgan fingerprint density at radius 1 is 1.58 bits per heavy atom. The van der Waals surface area contributed by atoms with Crippen LogP contribution in [0.2, 0.25) is 0 Å². The van der Waals surface area contributed by atoms with Crippen molar-refractivity contribution in [1.82, 2.24) is 0 Å². The molecule has 0 aliphatic heterocycles. The van der Waals surface area contributed by atoms with Gasteiger partial charge in [-0.1, -0.05) is 11.6 Å². The molecule has 0 aliphatic carbocycles. The van der Waals surface area contributed by atoms with Crippen molar-refractivity contribution in [2.45, 2.75) is 0 Å². The van der Waals surface area contributed by atoms with Crippen LogP contribution in [-0.4, -0.2) is 30.2 Å². The number of ether oxygens (including phenoxy) is 1. The van der Waals surface area contributed by atoms with Gasteiger partial charge in [-0.05, 0) is 0 Å². The summed E-state index contributed by atoms with van der Waals surface area (Å²) in [7, 11) is 0. The van der Waals surface area contributed by atoms with Gasteiger partial charge >= 0.3 is 11.9 Å². The lowest BCUT2D eigenvalue weighted by Crippen LogP contribution is -2.13. The number of hydrogen-bond donors (Lipinski definition) is 2. The van der Waals surface area contributed by atoms with Crippen LogP contribution in [0.3, 0.4) is 0 Å². The Labute approximate surface area is 73.7 Å². The summed E-state index contributed by atoms with van der Waals surface area (Å²) in [4.78, 5) is 20.7. The summed E-state index contributed by atoms with van der Waals surface area (Å²) in [5.41, 5.74) is 5.02. The first kappa shape index (κ1) is 10.9. The van der Waals surface area contributed by atoms with Crippen LogP contribution in [-0.2, 0) is 14.3 Å². The molecule has 0 unspecified atom stereocenters. The molecule has 0 aromatic heterocycles. The molecule has 0 radical (unpaired) electrons. The Hall–Kier alpha value is -1.07. The number of carbonyl (C=O) groups is 2. The number of nitrogens with two attached hydrogens (primary N) is 1. The summed E-state index contributed by atoms with van der Waals surface area (Å²) in [5, 5.41) is 7.69. The van der Waals surface area contributed by atoms with Gasteiger partial charge in [0.1, 0.15) is 11.6 Å². The molecule has 0 aromatic rings. The van der Waals surface area contributed by atoms with Gasteiger partial charge in [-0.2, -0.15) is 0 Å². The predicted octanol–water partition coefficient (Wildman–Crippen LogP) is -0.304. The highest BCUT2D eigenvalue weighted by Gasteiger charge is 2.08. The Bertz CT molecular complexity index is 214. The van der Waals surface area contributed by atoms with E-state index in [1.165, 1.54) is 0 Å². The van der Waals surface area contributed by atoms with E-state index in [0.29, 0.717) is 6.08 Å². The highest BCUT2D eigenvalue weighted by atomic mass is 35.5. The van der Waals surface area contributed by atoms with Crippen LogP contribution in [0.15, 0.2) is 11.1 Å². The summed E-state index contributed by atoms with van der Waals surface area (Å²) in [6.45, 7) is 0.186. The third-order valence-electron chi connectivity index (χ3n) is 0.796. The second-order valence-electron chi connectivity index (χ2n) is 1.76. The van der Waals surface area contributed by atoms with Crippen LogP contribution in [0.4, 0.5) is 0 Å². The molecule has 5 nitrogen and oxygen atoms in total. The molecule has 12 heavy (non-hydrogen) atoms. The van der Waals surface area contributed by atoms with Crippen molar-refractivity contribution in [3.05, 3.63) is 11.1 Å². The Morgan fingerprint density at radius 3 is 2.58 bits per heavy atom. The third-order valence-corrected chi connectivity index (χ3v) is 1.06. The molecule has 0 fully saturated rings. The van der Waals surface area contributed by atoms with Crippen LogP contribution in [0.5, 0.6) is 0 Å². The van der Waals surface area contributed by atoms with E-state index in [1.807, 2.05) is 0 Å². The average Bonchev–Trinajstić information content (AvgIpc) is 1.98. The number of halogens is 1. The number of esters is 1. The molecule has 3 N–H and O–H groups in total. The van der Waals surface area contributed by atoms with Gasteiger partial charge in [0.25, 0.3) is 0 Å². The van der Waals surface area contributed by atoms with E-state index in [0.717, 1.165) is 0 Å². The first-order valence-corrected chi connectivity index (χ1v) is 3.43. The normalized spacial score (nSPS) is 11.0. The van der Waals surface area contributed by atoms with Crippen molar-refractivity contribution >= 4 is 23.5 Å². The zero-order valence-electron chi connectivity index (χ0n) is 6.12. The van der Waals surface area contributed by atoms with Gasteiger partial charge in [0, 0.05) is 12.6 Å². The highest BCUT2D eigenvalue weighted by molar-refractivity contribution is 6.42. The van der Waals surface area contributed by atoms with E-state index in [2.05, 4.69) is 4.74 Å². The molecule has 0 saturated heterocycles. The summed E-state index contributed by atoms with van der Waals surface area (Å²) in [5.74, 6) is -2.19.